The number of benzene rings is 9. The summed E-state index contributed by atoms with van der Waals surface area (Å²) < 4.78 is 0. The lowest BCUT2D eigenvalue weighted by Gasteiger charge is -2.36. The monoisotopic (exact) mass is 905 g/mol. The summed E-state index contributed by atoms with van der Waals surface area (Å²) in [6, 6.07) is 71.4. The standard InChI is InChI=1S/C69H63N/c1-42-16-31-55-56-32-17-43(2)37-62(56)69(61(55)36-42)63-38-44(3)18-33-57(63)59-35-30-53(41-65(59)69)70(51-28-19-45(4)46(5)39-51)52-29-34-58-54-14-12-13-15-60(54)68(64(58)40-52,49-24-20-47(21-25-49)66(6,7)8)50-26-22-48(23-27-50)67(9,10)11/h12-41H,1-11H3. The second-order valence-corrected chi connectivity index (χ2v) is 22.9. The van der Waals surface area contributed by atoms with Crippen LogP contribution in [0.3, 0.4) is 0 Å². The summed E-state index contributed by atoms with van der Waals surface area (Å²) in [5.41, 5.74) is 30.0. The van der Waals surface area contributed by atoms with Gasteiger partial charge in [0, 0.05) is 17.1 Å². The van der Waals surface area contributed by atoms with E-state index in [9.17, 15) is 0 Å². The summed E-state index contributed by atoms with van der Waals surface area (Å²) in [6.07, 6.45) is 0. The van der Waals surface area contributed by atoms with Crippen LogP contribution < -0.4 is 4.90 Å². The molecule has 9 aromatic rings. The van der Waals surface area contributed by atoms with Gasteiger partial charge in [0.05, 0.1) is 10.8 Å². The van der Waals surface area contributed by atoms with E-state index in [1.54, 1.807) is 0 Å². The van der Waals surface area contributed by atoms with Crippen LogP contribution >= 0.6 is 0 Å². The van der Waals surface area contributed by atoms with E-state index in [0.29, 0.717) is 0 Å². The van der Waals surface area contributed by atoms with Gasteiger partial charge in [-0.25, -0.2) is 0 Å². The fraction of sp³-hybridized carbons (Fsp3) is 0.217. The maximum Gasteiger partial charge on any atom is 0.0726 e. The smallest absolute Gasteiger partial charge is 0.0726 e. The summed E-state index contributed by atoms with van der Waals surface area (Å²) in [5.74, 6) is 0. The second kappa shape index (κ2) is 15.4. The molecule has 0 unspecified atom stereocenters. The average Bonchev–Trinajstić information content (AvgIpc) is 3.90. The van der Waals surface area contributed by atoms with E-state index >= 15 is 0 Å². The van der Waals surface area contributed by atoms with Gasteiger partial charge in [-0.15, -0.1) is 0 Å². The Kier molecular flexibility index (Phi) is 9.68. The van der Waals surface area contributed by atoms with Crippen LogP contribution in [-0.2, 0) is 21.7 Å². The lowest BCUT2D eigenvalue weighted by molar-refractivity contribution is 0.588. The summed E-state index contributed by atoms with van der Waals surface area (Å²) >= 11 is 0. The first-order valence-corrected chi connectivity index (χ1v) is 25.3. The zero-order valence-corrected chi connectivity index (χ0v) is 42.8. The molecule has 344 valence electrons. The molecule has 3 aliphatic carbocycles. The zero-order valence-electron chi connectivity index (χ0n) is 42.8. The minimum atomic E-state index is -0.571. The van der Waals surface area contributed by atoms with Gasteiger partial charge in [0.1, 0.15) is 0 Å². The van der Waals surface area contributed by atoms with Gasteiger partial charge < -0.3 is 4.90 Å². The number of nitrogens with zero attached hydrogens (tertiary/aromatic N) is 1. The van der Waals surface area contributed by atoms with Crippen molar-refractivity contribution in [2.45, 2.75) is 97.8 Å². The van der Waals surface area contributed by atoms with Crippen molar-refractivity contribution < 1.29 is 0 Å². The SMILES string of the molecule is Cc1ccc2c(c1)C1(c3cc(C)ccc3-2)c2cc(C)ccc2-c2ccc(N(c3ccc(C)c(C)c3)c3ccc4c(c3)C(c3ccc(C(C)(C)C)cc3)(c3ccc(C(C)(C)C)cc3)c3ccccc3-4)cc21. The Bertz CT molecular complexity index is 3470. The van der Waals surface area contributed by atoms with Crippen molar-refractivity contribution in [2.24, 2.45) is 0 Å². The number of hydrogen-bond acceptors (Lipinski definition) is 1. The number of fused-ring (bicyclic) bond motifs is 13. The highest BCUT2D eigenvalue weighted by molar-refractivity contribution is 5.97. The Hall–Kier alpha value is -7.22. The molecule has 0 N–H and O–H groups in total. The summed E-state index contributed by atoms with van der Waals surface area (Å²) in [4.78, 5) is 2.54. The van der Waals surface area contributed by atoms with Crippen molar-refractivity contribution in [3.05, 3.63) is 265 Å². The Morgan fingerprint density at radius 3 is 1.09 bits per heavy atom. The van der Waals surface area contributed by atoms with E-state index in [1.165, 1.54) is 117 Å². The molecule has 0 heterocycles. The molecule has 70 heavy (non-hydrogen) atoms. The van der Waals surface area contributed by atoms with Crippen molar-refractivity contribution in [1.82, 2.24) is 0 Å². The van der Waals surface area contributed by atoms with Gasteiger partial charge in [0.25, 0.3) is 0 Å². The summed E-state index contributed by atoms with van der Waals surface area (Å²) in [7, 11) is 0. The first-order valence-electron chi connectivity index (χ1n) is 25.3. The third-order valence-corrected chi connectivity index (χ3v) is 16.4. The van der Waals surface area contributed by atoms with E-state index in [-0.39, 0.29) is 10.8 Å². The van der Waals surface area contributed by atoms with E-state index in [4.69, 9.17) is 0 Å². The van der Waals surface area contributed by atoms with Crippen LogP contribution in [0, 0.1) is 34.6 Å². The highest BCUT2D eigenvalue weighted by Crippen LogP contribution is 2.64. The first-order chi connectivity index (χ1) is 33.5. The molecular weight excluding hydrogens is 843 g/mol. The normalized spacial score (nSPS) is 14.4. The maximum atomic E-state index is 2.55. The first kappa shape index (κ1) is 44.0. The van der Waals surface area contributed by atoms with E-state index in [0.717, 1.165) is 17.1 Å². The van der Waals surface area contributed by atoms with Crippen LogP contribution in [-0.4, -0.2) is 0 Å². The Morgan fingerprint density at radius 2 is 0.657 bits per heavy atom. The molecule has 1 spiro atoms. The van der Waals surface area contributed by atoms with Crippen molar-refractivity contribution in [1.29, 1.82) is 0 Å². The lowest BCUT2D eigenvalue weighted by Crippen LogP contribution is -2.29. The van der Waals surface area contributed by atoms with Crippen LogP contribution in [0.5, 0.6) is 0 Å². The minimum absolute atomic E-state index is 0.0281. The highest BCUT2D eigenvalue weighted by Gasteiger charge is 2.52. The largest absolute Gasteiger partial charge is 0.310 e. The average molecular weight is 906 g/mol. The van der Waals surface area contributed by atoms with Crippen LogP contribution in [0.25, 0.3) is 33.4 Å². The molecule has 0 bridgehead atoms. The fourth-order valence-electron chi connectivity index (χ4n) is 12.6. The second-order valence-electron chi connectivity index (χ2n) is 22.9. The Labute approximate surface area is 416 Å². The third-order valence-electron chi connectivity index (χ3n) is 16.4. The van der Waals surface area contributed by atoms with Gasteiger partial charge in [-0.05, 0) is 182 Å². The number of hydrogen-bond donors (Lipinski definition) is 0. The minimum Gasteiger partial charge on any atom is -0.310 e. The summed E-state index contributed by atoms with van der Waals surface area (Å²) in [5, 5.41) is 0. The zero-order chi connectivity index (χ0) is 48.6. The quantitative estimate of drug-likeness (QED) is 0.166. The molecule has 0 atom stereocenters. The molecule has 0 saturated heterocycles. The Morgan fingerprint density at radius 1 is 0.300 bits per heavy atom. The van der Waals surface area contributed by atoms with E-state index in [1.807, 2.05) is 0 Å². The van der Waals surface area contributed by atoms with Gasteiger partial charge in [0.15, 0.2) is 0 Å². The highest BCUT2D eigenvalue weighted by atomic mass is 15.1. The van der Waals surface area contributed by atoms with Crippen LogP contribution in [0.2, 0.25) is 0 Å². The molecule has 0 aromatic heterocycles. The fourth-order valence-corrected chi connectivity index (χ4v) is 12.6. The molecular formula is C69H63N. The van der Waals surface area contributed by atoms with Gasteiger partial charge >= 0.3 is 0 Å². The van der Waals surface area contributed by atoms with Crippen LogP contribution in [0.1, 0.15) is 125 Å². The van der Waals surface area contributed by atoms with Crippen molar-refractivity contribution >= 4 is 17.1 Å². The third kappa shape index (κ3) is 6.29. The van der Waals surface area contributed by atoms with Crippen molar-refractivity contribution in [3.8, 4) is 33.4 Å². The molecule has 0 fully saturated rings. The number of rotatable bonds is 5. The lowest BCUT2D eigenvalue weighted by atomic mass is 9.67. The molecule has 0 amide bonds. The van der Waals surface area contributed by atoms with Crippen LogP contribution in [0.15, 0.2) is 182 Å². The molecule has 12 rings (SSSR count). The Balaban J connectivity index is 1.14. The van der Waals surface area contributed by atoms with Gasteiger partial charge in [0.2, 0.25) is 0 Å². The number of anilines is 3. The van der Waals surface area contributed by atoms with Crippen LogP contribution in [0.4, 0.5) is 17.1 Å². The summed E-state index contributed by atoms with van der Waals surface area (Å²) in [6.45, 7) is 25.1. The molecule has 0 radical (unpaired) electrons. The van der Waals surface area contributed by atoms with Gasteiger partial charge in [-0.1, -0.05) is 204 Å². The van der Waals surface area contributed by atoms with Gasteiger partial charge in [-0.2, -0.15) is 0 Å². The molecule has 0 saturated carbocycles. The maximum absolute atomic E-state index is 2.55. The van der Waals surface area contributed by atoms with Gasteiger partial charge in [-0.3, -0.25) is 0 Å². The van der Waals surface area contributed by atoms with E-state index < -0.39 is 10.8 Å². The topological polar surface area (TPSA) is 3.24 Å². The predicted molar refractivity (Wildman–Crippen MR) is 296 cm³/mol. The number of aryl methyl sites for hydroxylation is 5. The molecule has 1 nitrogen and oxygen atoms in total. The molecule has 9 aromatic carbocycles. The molecule has 3 aliphatic rings. The predicted octanol–water partition coefficient (Wildman–Crippen LogP) is 18.0. The molecule has 0 aliphatic heterocycles. The van der Waals surface area contributed by atoms with E-state index in [2.05, 4.69) is 263 Å². The van der Waals surface area contributed by atoms with Crippen molar-refractivity contribution in [3.63, 3.8) is 0 Å². The molecule has 1 heteroatoms. The van der Waals surface area contributed by atoms with Crippen molar-refractivity contribution in [2.75, 3.05) is 4.90 Å².